The molecule has 0 saturated carbocycles. The zero-order valence-corrected chi connectivity index (χ0v) is 9.43. The van der Waals surface area contributed by atoms with Crippen molar-refractivity contribution in [3.8, 4) is 5.82 Å². The number of nitrogens with zero attached hydrogens (tertiary/aromatic N) is 3. The molecule has 0 saturated heterocycles. The SMILES string of the molecule is Cc1c(C(F)(F)F)[nH]n(-c2cccnn2)c1=S. The molecule has 90 valence electrons. The van der Waals surface area contributed by atoms with E-state index >= 15 is 0 Å². The Morgan fingerprint density at radius 2 is 2.12 bits per heavy atom. The third-order valence-corrected chi connectivity index (χ3v) is 2.68. The van der Waals surface area contributed by atoms with E-state index < -0.39 is 11.9 Å². The average molecular weight is 260 g/mol. The summed E-state index contributed by atoms with van der Waals surface area (Å²) in [5, 5.41) is 9.47. The molecule has 2 aromatic rings. The molecule has 8 heteroatoms. The average Bonchev–Trinajstić information content (AvgIpc) is 2.57. The molecular weight excluding hydrogens is 253 g/mol. The van der Waals surface area contributed by atoms with E-state index in [0.717, 1.165) is 4.68 Å². The van der Waals surface area contributed by atoms with Crippen LogP contribution in [0.4, 0.5) is 13.2 Å². The molecule has 0 radical (unpaired) electrons. The summed E-state index contributed by atoms with van der Waals surface area (Å²) in [6.07, 6.45) is -3.04. The van der Waals surface area contributed by atoms with E-state index in [-0.39, 0.29) is 16.0 Å². The lowest BCUT2D eigenvalue weighted by molar-refractivity contribution is -0.141. The summed E-state index contributed by atoms with van der Waals surface area (Å²) < 4.78 is 39.0. The normalized spacial score (nSPS) is 11.8. The summed E-state index contributed by atoms with van der Waals surface area (Å²) in [7, 11) is 0. The monoisotopic (exact) mass is 260 g/mol. The maximum atomic E-state index is 12.6. The molecule has 0 aliphatic rings. The van der Waals surface area contributed by atoms with E-state index in [1.807, 2.05) is 0 Å². The van der Waals surface area contributed by atoms with Crippen LogP contribution >= 0.6 is 12.2 Å². The Hall–Kier alpha value is -1.70. The fraction of sp³-hybridized carbons (Fsp3) is 0.222. The van der Waals surface area contributed by atoms with Crippen molar-refractivity contribution in [3.63, 3.8) is 0 Å². The van der Waals surface area contributed by atoms with Crippen molar-refractivity contribution < 1.29 is 13.2 Å². The van der Waals surface area contributed by atoms with Gasteiger partial charge in [0.2, 0.25) is 0 Å². The van der Waals surface area contributed by atoms with Gasteiger partial charge in [-0.2, -0.15) is 18.3 Å². The number of alkyl halides is 3. The van der Waals surface area contributed by atoms with Crippen molar-refractivity contribution in [1.29, 1.82) is 0 Å². The van der Waals surface area contributed by atoms with Crippen molar-refractivity contribution in [2.75, 3.05) is 0 Å². The minimum absolute atomic E-state index is 0.0295. The highest BCUT2D eigenvalue weighted by Gasteiger charge is 2.35. The van der Waals surface area contributed by atoms with Crippen molar-refractivity contribution in [2.24, 2.45) is 0 Å². The van der Waals surface area contributed by atoms with Crippen molar-refractivity contribution in [1.82, 2.24) is 20.0 Å². The Morgan fingerprint density at radius 3 is 2.59 bits per heavy atom. The lowest BCUT2D eigenvalue weighted by atomic mass is 10.3. The van der Waals surface area contributed by atoms with Crippen LogP contribution in [0.25, 0.3) is 5.82 Å². The van der Waals surface area contributed by atoms with Gasteiger partial charge in [0.1, 0.15) is 10.3 Å². The van der Waals surface area contributed by atoms with Gasteiger partial charge in [-0.1, -0.05) is 12.2 Å². The first-order chi connectivity index (χ1) is 7.91. The molecule has 1 N–H and O–H groups in total. The molecule has 0 aliphatic carbocycles. The number of hydrogen-bond acceptors (Lipinski definition) is 3. The van der Waals surface area contributed by atoms with Crippen LogP contribution in [0.15, 0.2) is 18.3 Å². The molecule has 2 heterocycles. The predicted molar refractivity (Wildman–Crippen MR) is 56.3 cm³/mol. The molecule has 0 aromatic carbocycles. The van der Waals surface area contributed by atoms with Crippen LogP contribution in [-0.4, -0.2) is 20.0 Å². The van der Waals surface area contributed by atoms with Gasteiger partial charge in [0.05, 0.1) is 0 Å². The summed E-state index contributed by atoms with van der Waals surface area (Å²) in [4.78, 5) is 0. The number of H-pyrrole nitrogens is 1. The first kappa shape index (κ1) is 11.8. The molecule has 2 rings (SSSR count). The van der Waals surface area contributed by atoms with E-state index in [1.54, 1.807) is 6.07 Å². The minimum Gasteiger partial charge on any atom is -0.287 e. The second-order valence-electron chi connectivity index (χ2n) is 3.33. The lowest BCUT2D eigenvalue weighted by Gasteiger charge is -2.04. The molecule has 0 bridgehead atoms. The summed E-state index contributed by atoms with van der Waals surface area (Å²) in [6.45, 7) is 1.31. The standard InChI is InChI=1S/C9H7F3N4S/c1-5-7(9(10,11)12)15-16(8(5)17)6-3-2-4-13-14-6/h2-4,15H,1H3. The molecule has 17 heavy (non-hydrogen) atoms. The Kier molecular flexibility index (Phi) is 2.74. The fourth-order valence-corrected chi connectivity index (χ4v) is 1.61. The maximum Gasteiger partial charge on any atom is 0.433 e. The van der Waals surface area contributed by atoms with Crippen LogP contribution in [0.1, 0.15) is 11.3 Å². The van der Waals surface area contributed by atoms with Crippen molar-refractivity contribution >= 4 is 12.2 Å². The fourth-order valence-electron chi connectivity index (χ4n) is 1.37. The van der Waals surface area contributed by atoms with Crippen LogP contribution in [0.3, 0.4) is 0 Å². The van der Waals surface area contributed by atoms with Crippen LogP contribution in [0.5, 0.6) is 0 Å². The molecule has 2 aromatic heterocycles. The molecule has 4 nitrogen and oxygen atoms in total. The highest BCUT2D eigenvalue weighted by Crippen LogP contribution is 2.31. The molecule has 0 amide bonds. The van der Waals surface area contributed by atoms with Gasteiger partial charge in [-0.15, -0.1) is 5.10 Å². The smallest absolute Gasteiger partial charge is 0.287 e. The van der Waals surface area contributed by atoms with Gasteiger partial charge in [0, 0.05) is 11.8 Å². The van der Waals surface area contributed by atoms with Gasteiger partial charge in [-0.05, 0) is 19.1 Å². The summed E-state index contributed by atoms with van der Waals surface area (Å²) >= 11 is 4.93. The van der Waals surface area contributed by atoms with Crippen LogP contribution in [0, 0.1) is 11.6 Å². The molecule has 0 atom stereocenters. The maximum absolute atomic E-state index is 12.6. The van der Waals surface area contributed by atoms with Gasteiger partial charge >= 0.3 is 6.18 Å². The predicted octanol–water partition coefficient (Wildman–Crippen LogP) is 2.65. The number of nitrogens with one attached hydrogen (secondary N) is 1. The van der Waals surface area contributed by atoms with Gasteiger partial charge < -0.3 is 0 Å². The first-order valence-corrected chi connectivity index (χ1v) is 4.99. The first-order valence-electron chi connectivity index (χ1n) is 4.58. The van der Waals surface area contributed by atoms with Gasteiger partial charge in [0.25, 0.3) is 0 Å². The van der Waals surface area contributed by atoms with Crippen molar-refractivity contribution in [2.45, 2.75) is 13.1 Å². The van der Waals surface area contributed by atoms with E-state index in [9.17, 15) is 13.2 Å². The third-order valence-electron chi connectivity index (χ3n) is 2.19. The topological polar surface area (TPSA) is 46.5 Å². The number of hydrogen-bond donors (Lipinski definition) is 1. The number of aromatic amines is 1. The second kappa shape index (κ2) is 3.95. The third kappa shape index (κ3) is 2.07. The quantitative estimate of drug-likeness (QED) is 0.802. The van der Waals surface area contributed by atoms with Gasteiger partial charge in [0.15, 0.2) is 5.82 Å². The van der Waals surface area contributed by atoms with Crippen LogP contribution < -0.4 is 0 Å². The number of aromatic nitrogens is 4. The summed E-state index contributed by atoms with van der Waals surface area (Å²) in [5.41, 5.74) is -0.897. The van der Waals surface area contributed by atoms with E-state index in [1.165, 1.54) is 19.2 Å². The Bertz CT molecular complexity index is 585. The Morgan fingerprint density at radius 1 is 1.41 bits per heavy atom. The number of rotatable bonds is 1. The van der Waals surface area contributed by atoms with E-state index in [4.69, 9.17) is 12.2 Å². The number of halogens is 3. The zero-order chi connectivity index (χ0) is 12.6. The zero-order valence-electron chi connectivity index (χ0n) is 8.62. The second-order valence-corrected chi connectivity index (χ2v) is 3.72. The molecular formula is C9H7F3N4S. The summed E-state index contributed by atoms with van der Waals surface area (Å²) in [5.74, 6) is 0.219. The van der Waals surface area contributed by atoms with E-state index in [2.05, 4.69) is 15.3 Å². The minimum atomic E-state index is -4.47. The largest absolute Gasteiger partial charge is 0.433 e. The van der Waals surface area contributed by atoms with Crippen LogP contribution in [-0.2, 0) is 6.18 Å². The van der Waals surface area contributed by atoms with Gasteiger partial charge in [-0.3, -0.25) is 5.10 Å². The molecule has 0 fully saturated rings. The summed E-state index contributed by atoms with van der Waals surface area (Å²) in [6, 6.07) is 3.08. The lowest BCUT2D eigenvalue weighted by Crippen LogP contribution is -2.09. The Labute approximate surface area is 99.1 Å². The van der Waals surface area contributed by atoms with Crippen molar-refractivity contribution in [3.05, 3.63) is 34.2 Å². The molecule has 0 spiro atoms. The van der Waals surface area contributed by atoms with Gasteiger partial charge in [-0.25, -0.2) is 4.68 Å². The highest BCUT2D eigenvalue weighted by atomic mass is 32.1. The highest BCUT2D eigenvalue weighted by molar-refractivity contribution is 7.71. The van der Waals surface area contributed by atoms with Crippen LogP contribution in [0.2, 0.25) is 0 Å². The molecule has 0 unspecified atom stereocenters. The Balaban J connectivity index is 2.63. The van der Waals surface area contributed by atoms with E-state index in [0.29, 0.717) is 0 Å². The molecule has 0 aliphatic heterocycles.